The van der Waals surface area contributed by atoms with Crippen molar-refractivity contribution >= 4 is 17.5 Å². The van der Waals surface area contributed by atoms with Crippen LogP contribution < -0.4 is 15.4 Å². The fourth-order valence-electron chi connectivity index (χ4n) is 1.98. The van der Waals surface area contributed by atoms with Gasteiger partial charge in [-0.05, 0) is 31.5 Å². The number of hydrogen-bond donors (Lipinski definition) is 2. The third-order valence-corrected chi connectivity index (χ3v) is 3.14. The number of para-hydroxylation sites is 2. The molecule has 2 rings (SSSR count). The maximum Gasteiger partial charge on any atom is 0.274 e. The minimum absolute atomic E-state index is 0.293. The van der Waals surface area contributed by atoms with Crippen LogP contribution in [0.4, 0.5) is 11.6 Å². The van der Waals surface area contributed by atoms with Gasteiger partial charge in [0.2, 0.25) is 5.95 Å². The van der Waals surface area contributed by atoms with Crippen LogP contribution >= 0.6 is 0 Å². The molecule has 0 spiro atoms. The van der Waals surface area contributed by atoms with Gasteiger partial charge in [0.15, 0.2) is 0 Å². The van der Waals surface area contributed by atoms with E-state index in [0.717, 1.165) is 19.4 Å². The van der Waals surface area contributed by atoms with Crippen molar-refractivity contribution in [3.05, 3.63) is 42.2 Å². The van der Waals surface area contributed by atoms with E-state index >= 15 is 0 Å². The van der Waals surface area contributed by atoms with Crippen LogP contribution in [0.15, 0.2) is 36.5 Å². The lowest BCUT2D eigenvalue weighted by Crippen LogP contribution is -2.16. The lowest BCUT2D eigenvalue weighted by molar-refractivity contribution is 0.102. The number of carbonyl (C=O) groups is 1. The van der Waals surface area contributed by atoms with Crippen LogP contribution in [0.25, 0.3) is 0 Å². The molecule has 0 unspecified atom stereocenters. The molecule has 0 bridgehead atoms. The summed E-state index contributed by atoms with van der Waals surface area (Å²) in [6.45, 7) is 5.33. The van der Waals surface area contributed by atoms with Crippen LogP contribution in [0.5, 0.6) is 5.75 Å². The molecule has 0 atom stereocenters. The van der Waals surface area contributed by atoms with Crippen molar-refractivity contribution in [1.82, 2.24) is 9.97 Å². The van der Waals surface area contributed by atoms with Gasteiger partial charge in [0, 0.05) is 12.7 Å². The van der Waals surface area contributed by atoms with E-state index < -0.39 is 0 Å². The normalized spacial score (nSPS) is 10.2. The van der Waals surface area contributed by atoms with Crippen molar-refractivity contribution in [3.63, 3.8) is 0 Å². The van der Waals surface area contributed by atoms with Crippen molar-refractivity contribution in [3.8, 4) is 5.75 Å². The minimum atomic E-state index is -0.293. The van der Waals surface area contributed by atoms with Gasteiger partial charge in [0.25, 0.3) is 5.91 Å². The van der Waals surface area contributed by atoms with Gasteiger partial charge >= 0.3 is 0 Å². The summed E-state index contributed by atoms with van der Waals surface area (Å²) in [5, 5.41) is 5.93. The molecule has 0 aliphatic carbocycles. The highest BCUT2D eigenvalue weighted by Gasteiger charge is 2.11. The zero-order chi connectivity index (χ0) is 16.5. The van der Waals surface area contributed by atoms with Crippen LogP contribution in [-0.2, 0) is 0 Å². The van der Waals surface area contributed by atoms with Gasteiger partial charge in [-0.2, -0.15) is 0 Å². The Kier molecular flexibility index (Phi) is 6.35. The standard InChI is InChI=1S/C17H22N4O2/c1-3-5-11-18-17-19-12-10-14(21-17)16(22)20-13-8-6-7-9-15(13)23-4-2/h6-10,12H,3-5,11H2,1-2H3,(H,20,22)(H,18,19,21). The third-order valence-electron chi connectivity index (χ3n) is 3.14. The minimum Gasteiger partial charge on any atom is -0.492 e. The first kappa shape index (κ1) is 16.7. The molecular formula is C17H22N4O2. The summed E-state index contributed by atoms with van der Waals surface area (Å²) in [6.07, 6.45) is 3.69. The molecule has 1 aromatic carbocycles. The molecule has 0 aliphatic rings. The molecule has 0 aliphatic heterocycles. The third kappa shape index (κ3) is 4.95. The Balaban J connectivity index is 2.07. The Hall–Kier alpha value is -2.63. The SMILES string of the molecule is CCCCNc1nccc(C(=O)Nc2ccccc2OCC)n1. The molecule has 1 heterocycles. The first-order valence-electron chi connectivity index (χ1n) is 7.84. The Morgan fingerprint density at radius 1 is 1.22 bits per heavy atom. The molecule has 0 saturated carbocycles. The fraction of sp³-hybridized carbons (Fsp3) is 0.353. The smallest absolute Gasteiger partial charge is 0.274 e. The number of nitrogens with zero attached hydrogens (tertiary/aromatic N) is 2. The van der Waals surface area contributed by atoms with Crippen molar-refractivity contribution in [2.24, 2.45) is 0 Å². The van der Waals surface area contributed by atoms with Crippen LogP contribution in [-0.4, -0.2) is 29.0 Å². The van der Waals surface area contributed by atoms with E-state index in [1.807, 2.05) is 25.1 Å². The van der Waals surface area contributed by atoms with E-state index in [1.54, 1.807) is 18.3 Å². The average Bonchev–Trinajstić information content (AvgIpc) is 2.57. The van der Waals surface area contributed by atoms with Crippen LogP contribution in [0.2, 0.25) is 0 Å². The predicted molar refractivity (Wildman–Crippen MR) is 91.0 cm³/mol. The number of carbonyl (C=O) groups excluding carboxylic acids is 1. The summed E-state index contributed by atoms with van der Waals surface area (Å²) in [5.41, 5.74) is 0.934. The van der Waals surface area contributed by atoms with Crippen molar-refractivity contribution in [2.45, 2.75) is 26.7 Å². The Labute approximate surface area is 136 Å². The Morgan fingerprint density at radius 3 is 2.83 bits per heavy atom. The molecule has 0 fully saturated rings. The molecule has 0 radical (unpaired) electrons. The van der Waals surface area contributed by atoms with Crippen LogP contribution in [0.1, 0.15) is 37.2 Å². The van der Waals surface area contributed by atoms with Crippen molar-refractivity contribution in [2.75, 3.05) is 23.8 Å². The Morgan fingerprint density at radius 2 is 2.04 bits per heavy atom. The summed E-state index contributed by atoms with van der Waals surface area (Å²) in [7, 11) is 0. The largest absolute Gasteiger partial charge is 0.492 e. The highest BCUT2D eigenvalue weighted by molar-refractivity contribution is 6.03. The molecule has 23 heavy (non-hydrogen) atoms. The molecule has 2 aromatic rings. The molecule has 122 valence electrons. The van der Waals surface area contributed by atoms with Crippen molar-refractivity contribution < 1.29 is 9.53 Å². The van der Waals surface area contributed by atoms with Gasteiger partial charge in [-0.3, -0.25) is 4.79 Å². The number of amides is 1. The summed E-state index contributed by atoms with van der Waals surface area (Å²) in [6, 6.07) is 8.90. The van der Waals surface area contributed by atoms with E-state index in [-0.39, 0.29) is 5.91 Å². The second-order valence-corrected chi connectivity index (χ2v) is 4.93. The second kappa shape index (κ2) is 8.73. The number of nitrogens with one attached hydrogen (secondary N) is 2. The highest BCUT2D eigenvalue weighted by atomic mass is 16.5. The molecule has 1 amide bonds. The zero-order valence-corrected chi connectivity index (χ0v) is 13.5. The van der Waals surface area contributed by atoms with Gasteiger partial charge in [-0.15, -0.1) is 0 Å². The highest BCUT2D eigenvalue weighted by Crippen LogP contribution is 2.24. The molecule has 6 nitrogen and oxygen atoms in total. The number of ether oxygens (including phenoxy) is 1. The van der Waals surface area contributed by atoms with E-state index in [9.17, 15) is 4.79 Å². The molecule has 2 N–H and O–H groups in total. The zero-order valence-electron chi connectivity index (χ0n) is 13.5. The van der Waals surface area contributed by atoms with E-state index in [0.29, 0.717) is 29.7 Å². The summed E-state index contributed by atoms with van der Waals surface area (Å²) in [4.78, 5) is 20.7. The first-order valence-corrected chi connectivity index (χ1v) is 7.84. The van der Waals surface area contributed by atoms with E-state index in [4.69, 9.17) is 4.74 Å². The fourth-order valence-corrected chi connectivity index (χ4v) is 1.98. The van der Waals surface area contributed by atoms with Gasteiger partial charge in [0.1, 0.15) is 11.4 Å². The van der Waals surface area contributed by atoms with Gasteiger partial charge in [0.05, 0.1) is 12.3 Å². The second-order valence-electron chi connectivity index (χ2n) is 4.93. The van der Waals surface area contributed by atoms with Gasteiger partial charge in [-0.25, -0.2) is 9.97 Å². The maximum absolute atomic E-state index is 12.4. The number of benzene rings is 1. The quantitative estimate of drug-likeness (QED) is 0.731. The number of aromatic nitrogens is 2. The molecule has 0 saturated heterocycles. The summed E-state index contributed by atoms with van der Waals surface area (Å²) in [5.74, 6) is 0.806. The van der Waals surface area contributed by atoms with Gasteiger partial charge < -0.3 is 15.4 Å². The molecule has 1 aromatic heterocycles. The monoisotopic (exact) mass is 314 g/mol. The van der Waals surface area contributed by atoms with E-state index in [2.05, 4.69) is 27.5 Å². The lowest BCUT2D eigenvalue weighted by atomic mass is 10.2. The van der Waals surface area contributed by atoms with E-state index in [1.165, 1.54) is 0 Å². The van der Waals surface area contributed by atoms with Gasteiger partial charge in [-0.1, -0.05) is 25.5 Å². The predicted octanol–water partition coefficient (Wildman–Crippen LogP) is 3.34. The lowest BCUT2D eigenvalue weighted by Gasteiger charge is -2.11. The number of hydrogen-bond acceptors (Lipinski definition) is 5. The number of rotatable bonds is 8. The number of anilines is 2. The molecular weight excluding hydrogens is 292 g/mol. The first-order chi connectivity index (χ1) is 11.2. The average molecular weight is 314 g/mol. The Bertz CT molecular complexity index is 646. The molecule has 6 heteroatoms. The summed E-state index contributed by atoms with van der Waals surface area (Å²) >= 11 is 0. The van der Waals surface area contributed by atoms with Crippen LogP contribution in [0.3, 0.4) is 0 Å². The van der Waals surface area contributed by atoms with Crippen LogP contribution in [0, 0.1) is 0 Å². The summed E-state index contributed by atoms with van der Waals surface area (Å²) < 4.78 is 5.50. The number of unbranched alkanes of at least 4 members (excludes halogenated alkanes) is 1. The van der Waals surface area contributed by atoms with Crippen molar-refractivity contribution in [1.29, 1.82) is 0 Å². The maximum atomic E-state index is 12.4. The topological polar surface area (TPSA) is 76.1 Å².